The molecule has 0 saturated carbocycles. The quantitative estimate of drug-likeness (QED) is 0.751. The van der Waals surface area contributed by atoms with Gasteiger partial charge in [0, 0.05) is 12.0 Å². The number of benzene rings is 2. The van der Waals surface area contributed by atoms with Crippen molar-refractivity contribution in [1.29, 1.82) is 5.26 Å². The van der Waals surface area contributed by atoms with Crippen LogP contribution in [0.2, 0.25) is 0 Å². The van der Waals surface area contributed by atoms with Crippen LogP contribution in [0, 0.1) is 11.3 Å². The normalized spacial score (nSPS) is 15.6. The van der Waals surface area contributed by atoms with Gasteiger partial charge >= 0.3 is 0 Å². The number of nitrogens with zero attached hydrogens (tertiary/aromatic N) is 2. The molecule has 0 bridgehead atoms. The molecule has 1 aliphatic heterocycles. The Morgan fingerprint density at radius 1 is 1.33 bits per heavy atom. The number of para-hydroxylation sites is 3. The minimum atomic E-state index is -1.01. The molecule has 2 heterocycles. The predicted molar refractivity (Wildman–Crippen MR) is 99.8 cm³/mol. The lowest BCUT2D eigenvalue weighted by Crippen LogP contribution is -2.25. The summed E-state index contributed by atoms with van der Waals surface area (Å²) < 4.78 is 11.7. The van der Waals surface area contributed by atoms with Gasteiger partial charge in [0.15, 0.2) is 23.2 Å². The predicted octanol–water partition coefficient (Wildman–Crippen LogP) is 3.53. The smallest absolute Gasteiger partial charge is 0.194 e. The lowest BCUT2D eigenvalue weighted by molar-refractivity contribution is -0.121. The SMILES string of the molecule is CC1(C)Cc2cccc(OCC(=O)[C@@H](C#N)c3nc4ccccc4[nH]3)c2O1. The maximum atomic E-state index is 12.6. The Balaban J connectivity index is 1.51. The molecule has 2 aromatic carbocycles. The standard InChI is InChI=1S/C21H19N3O3/c1-21(2)10-13-6-5-9-18(19(13)27-21)26-12-17(25)14(11-22)20-23-15-7-3-4-8-16(15)24-20/h3-9,14H,10,12H2,1-2H3,(H,23,24)/t14-/m1/s1. The number of fused-ring (bicyclic) bond motifs is 2. The number of ether oxygens (including phenoxy) is 2. The molecule has 27 heavy (non-hydrogen) atoms. The number of Topliss-reactive ketones (excluding diaryl/α,β-unsaturated/α-hetero) is 1. The minimum absolute atomic E-state index is 0.227. The fourth-order valence-corrected chi connectivity index (χ4v) is 3.33. The molecule has 1 N–H and O–H groups in total. The lowest BCUT2D eigenvalue weighted by atomic mass is 10.0. The molecular weight excluding hydrogens is 342 g/mol. The van der Waals surface area contributed by atoms with Crippen LogP contribution in [0.4, 0.5) is 0 Å². The van der Waals surface area contributed by atoms with E-state index < -0.39 is 5.92 Å². The third kappa shape index (κ3) is 3.24. The van der Waals surface area contributed by atoms with Gasteiger partial charge in [-0.3, -0.25) is 4.79 Å². The second kappa shape index (κ2) is 6.44. The van der Waals surface area contributed by atoms with Gasteiger partial charge in [-0.05, 0) is 32.0 Å². The molecule has 0 aliphatic carbocycles. The molecule has 1 aromatic heterocycles. The zero-order valence-electron chi connectivity index (χ0n) is 15.2. The first-order valence-electron chi connectivity index (χ1n) is 8.77. The molecule has 6 nitrogen and oxygen atoms in total. The van der Waals surface area contributed by atoms with Crippen molar-refractivity contribution in [3.05, 3.63) is 53.9 Å². The number of carbonyl (C=O) groups excluding carboxylic acids is 1. The molecule has 136 valence electrons. The van der Waals surface area contributed by atoms with E-state index in [0.29, 0.717) is 17.3 Å². The first kappa shape index (κ1) is 17.1. The van der Waals surface area contributed by atoms with Gasteiger partial charge < -0.3 is 14.5 Å². The fraction of sp³-hybridized carbons (Fsp3) is 0.286. The second-order valence-electron chi connectivity index (χ2n) is 7.24. The third-order valence-corrected chi connectivity index (χ3v) is 4.56. The van der Waals surface area contributed by atoms with E-state index in [-0.39, 0.29) is 18.0 Å². The van der Waals surface area contributed by atoms with Gasteiger partial charge in [-0.25, -0.2) is 4.98 Å². The number of hydrogen-bond donors (Lipinski definition) is 1. The summed E-state index contributed by atoms with van der Waals surface area (Å²) in [6.07, 6.45) is 0.785. The van der Waals surface area contributed by atoms with E-state index in [1.165, 1.54) is 0 Å². The van der Waals surface area contributed by atoms with E-state index in [1.807, 2.05) is 56.3 Å². The highest BCUT2D eigenvalue weighted by Crippen LogP contribution is 2.41. The van der Waals surface area contributed by atoms with Crippen LogP contribution in [-0.4, -0.2) is 28.0 Å². The highest BCUT2D eigenvalue weighted by molar-refractivity contribution is 5.90. The molecule has 0 saturated heterocycles. The van der Waals surface area contributed by atoms with E-state index >= 15 is 0 Å². The van der Waals surface area contributed by atoms with Crippen LogP contribution >= 0.6 is 0 Å². The van der Waals surface area contributed by atoms with Crippen LogP contribution in [-0.2, 0) is 11.2 Å². The Morgan fingerprint density at radius 3 is 2.93 bits per heavy atom. The number of nitriles is 1. The number of rotatable bonds is 5. The van der Waals surface area contributed by atoms with Crippen molar-refractivity contribution < 1.29 is 14.3 Å². The summed E-state index contributed by atoms with van der Waals surface area (Å²) in [7, 11) is 0. The molecule has 3 aromatic rings. The largest absolute Gasteiger partial charge is 0.483 e. The van der Waals surface area contributed by atoms with E-state index in [9.17, 15) is 10.1 Å². The zero-order valence-corrected chi connectivity index (χ0v) is 15.2. The number of carbonyl (C=O) groups is 1. The minimum Gasteiger partial charge on any atom is -0.483 e. The van der Waals surface area contributed by atoms with Gasteiger partial charge in [0.2, 0.25) is 0 Å². The number of H-pyrrole nitrogens is 1. The monoisotopic (exact) mass is 361 g/mol. The number of aromatic amines is 1. The summed E-state index contributed by atoms with van der Waals surface area (Å²) in [4.78, 5) is 20.0. The van der Waals surface area contributed by atoms with Crippen molar-refractivity contribution in [2.75, 3.05) is 6.61 Å². The Kier molecular flexibility index (Phi) is 4.08. The van der Waals surface area contributed by atoms with Crippen molar-refractivity contribution in [3.63, 3.8) is 0 Å². The summed E-state index contributed by atoms with van der Waals surface area (Å²) >= 11 is 0. The molecule has 4 rings (SSSR count). The fourth-order valence-electron chi connectivity index (χ4n) is 3.33. The topological polar surface area (TPSA) is 88.0 Å². The number of nitrogens with one attached hydrogen (secondary N) is 1. The van der Waals surface area contributed by atoms with Gasteiger partial charge in [-0.2, -0.15) is 5.26 Å². The van der Waals surface area contributed by atoms with Crippen molar-refractivity contribution >= 4 is 16.8 Å². The molecule has 6 heteroatoms. The average Bonchev–Trinajstić information content (AvgIpc) is 3.19. The average molecular weight is 361 g/mol. The summed E-state index contributed by atoms with van der Waals surface area (Å²) in [6, 6.07) is 15.1. The van der Waals surface area contributed by atoms with Crippen LogP contribution in [0.3, 0.4) is 0 Å². The summed E-state index contributed by atoms with van der Waals surface area (Å²) in [5.74, 6) is 0.168. The number of ketones is 1. The highest BCUT2D eigenvalue weighted by Gasteiger charge is 2.32. The van der Waals surface area contributed by atoms with Crippen LogP contribution in [0.15, 0.2) is 42.5 Å². The van der Waals surface area contributed by atoms with Crippen LogP contribution in [0.25, 0.3) is 11.0 Å². The zero-order chi connectivity index (χ0) is 19.0. The van der Waals surface area contributed by atoms with Crippen molar-refractivity contribution in [2.24, 2.45) is 0 Å². The Morgan fingerprint density at radius 2 is 2.15 bits per heavy atom. The molecule has 1 atom stereocenters. The number of imidazole rings is 1. The molecule has 0 spiro atoms. The lowest BCUT2D eigenvalue weighted by Gasteiger charge is -2.18. The molecule has 0 radical (unpaired) electrons. The van der Waals surface area contributed by atoms with E-state index in [0.717, 1.165) is 23.0 Å². The van der Waals surface area contributed by atoms with Crippen LogP contribution in [0.1, 0.15) is 31.2 Å². The van der Waals surface area contributed by atoms with Crippen LogP contribution in [0.5, 0.6) is 11.5 Å². The first-order chi connectivity index (χ1) is 13.0. The maximum absolute atomic E-state index is 12.6. The summed E-state index contributed by atoms with van der Waals surface area (Å²) in [6.45, 7) is 3.79. The Labute approximate surface area is 156 Å². The molecule has 0 fully saturated rings. The van der Waals surface area contributed by atoms with Gasteiger partial charge in [0.05, 0.1) is 17.1 Å². The molecular formula is C21H19N3O3. The molecule has 1 aliphatic rings. The van der Waals surface area contributed by atoms with Gasteiger partial charge in [-0.1, -0.05) is 24.3 Å². The van der Waals surface area contributed by atoms with Crippen molar-refractivity contribution in [2.45, 2.75) is 31.8 Å². The molecule has 0 amide bonds. The maximum Gasteiger partial charge on any atom is 0.194 e. The van der Waals surface area contributed by atoms with Gasteiger partial charge in [0.1, 0.15) is 18.0 Å². The third-order valence-electron chi connectivity index (χ3n) is 4.56. The summed E-state index contributed by atoms with van der Waals surface area (Å²) in [5.41, 5.74) is 2.27. The number of aromatic nitrogens is 2. The van der Waals surface area contributed by atoms with Crippen molar-refractivity contribution in [1.82, 2.24) is 9.97 Å². The summed E-state index contributed by atoms with van der Waals surface area (Å²) in [5, 5.41) is 9.48. The van der Waals surface area contributed by atoms with E-state index in [1.54, 1.807) is 6.07 Å². The van der Waals surface area contributed by atoms with Crippen LogP contribution < -0.4 is 9.47 Å². The van der Waals surface area contributed by atoms with Crippen molar-refractivity contribution in [3.8, 4) is 17.6 Å². The Bertz CT molecular complexity index is 1030. The second-order valence-corrected chi connectivity index (χ2v) is 7.24. The first-order valence-corrected chi connectivity index (χ1v) is 8.77. The van der Waals surface area contributed by atoms with Gasteiger partial charge in [-0.15, -0.1) is 0 Å². The van der Waals surface area contributed by atoms with E-state index in [2.05, 4.69) is 9.97 Å². The van der Waals surface area contributed by atoms with E-state index in [4.69, 9.17) is 9.47 Å². The van der Waals surface area contributed by atoms with Gasteiger partial charge in [0.25, 0.3) is 0 Å². The Hall–Kier alpha value is -3.33. The highest BCUT2D eigenvalue weighted by atomic mass is 16.5. The number of hydrogen-bond acceptors (Lipinski definition) is 5. The molecule has 0 unspecified atom stereocenters.